The third kappa shape index (κ3) is 19.9. The van der Waals surface area contributed by atoms with Crippen molar-refractivity contribution in [2.45, 2.75) is 44.6 Å². The minimum absolute atomic E-state index is 0.00674. The Kier molecular flexibility index (Phi) is 26.3. The molecule has 0 aromatic heterocycles. The van der Waals surface area contributed by atoms with Crippen molar-refractivity contribution in [1.29, 1.82) is 0 Å². The zero-order chi connectivity index (χ0) is 77.3. The molecule has 0 fully saturated rings. The van der Waals surface area contributed by atoms with Crippen LogP contribution in [0.3, 0.4) is 0 Å². The largest absolute Gasteiger partial charge is 0.508 e. The Hall–Kier alpha value is -11.8. The molecule has 30 heteroatoms. The number of benzene rings is 7. The molecule has 6 aromatic rings. The first-order chi connectivity index (χ1) is 52.6. The normalized spacial score (nSPS) is 19.5. The van der Waals surface area contributed by atoms with E-state index in [1.807, 2.05) is 19.6 Å². The molecule has 29 nitrogen and oxygen atoms in total. The maximum Gasteiger partial charge on any atom is 0.336 e. The van der Waals surface area contributed by atoms with E-state index in [2.05, 4.69) is 42.5 Å². The van der Waals surface area contributed by atoms with Crippen molar-refractivity contribution < 1.29 is 78.2 Å². The highest BCUT2D eigenvalue weighted by Gasteiger charge is 2.29. The van der Waals surface area contributed by atoms with Crippen LogP contribution in [0, 0.1) is 0 Å². The summed E-state index contributed by atoms with van der Waals surface area (Å²) in [6.45, 7) is 1.52. The molecule has 570 valence electrons. The van der Waals surface area contributed by atoms with E-state index in [1.165, 1.54) is 97.1 Å². The Morgan fingerprint density at radius 1 is 0.413 bits per heavy atom. The van der Waals surface area contributed by atoms with E-state index < -0.39 is 82.3 Å². The number of carbonyl (C=O) groups is 9. The van der Waals surface area contributed by atoms with Crippen LogP contribution < -0.4 is 48.0 Å². The van der Waals surface area contributed by atoms with Gasteiger partial charge in [0, 0.05) is 165 Å². The molecule has 6 aromatic carbocycles. The van der Waals surface area contributed by atoms with E-state index in [-0.39, 0.29) is 203 Å². The summed E-state index contributed by atoms with van der Waals surface area (Å²) in [7, 11) is 0. The van der Waals surface area contributed by atoms with Gasteiger partial charge in [-0.3, -0.25) is 62.8 Å². The maximum atomic E-state index is 14.8. The number of amides is 8. The Morgan fingerprint density at radius 2 is 0.798 bits per heavy atom. The third-order valence-electron chi connectivity index (χ3n) is 19.5. The number of rotatable bonds is 10. The second-order valence-corrected chi connectivity index (χ2v) is 27.5. The lowest BCUT2D eigenvalue weighted by Crippen LogP contribution is -2.49. The summed E-state index contributed by atoms with van der Waals surface area (Å²) in [5, 5.41) is 91.0. The summed E-state index contributed by atoms with van der Waals surface area (Å²) in [4.78, 5) is 147. The van der Waals surface area contributed by atoms with Crippen molar-refractivity contribution >= 4 is 81.3 Å². The first-order valence-corrected chi connectivity index (χ1v) is 36.5. The van der Waals surface area contributed by atoms with Crippen LogP contribution in [0.5, 0.6) is 28.7 Å². The van der Waals surface area contributed by atoms with Crippen molar-refractivity contribution in [3.63, 3.8) is 0 Å². The van der Waals surface area contributed by atoms with Gasteiger partial charge in [0.25, 0.3) is 47.3 Å². The molecule has 5 aliphatic heterocycles. The van der Waals surface area contributed by atoms with Crippen molar-refractivity contribution in [3.8, 4) is 51.2 Å². The van der Waals surface area contributed by atoms with E-state index in [0.29, 0.717) is 64.6 Å². The molecule has 109 heavy (non-hydrogen) atoms. The van der Waals surface area contributed by atoms with Crippen LogP contribution in [-0.4, -0.2) is 239 Å². The lowest BCUT2D eigenvalue weighted by atomic mass is 9.89. The topological polar surface area (TPSA) is 414 Å². The maximum absolute atomic E-state index is 14.8. The zero-order valence-electron chi connectivity index (χ0n) is 59.8. The van der Waals surface area contributed by atoms with Gasteiger partial charge in [0.2, 0.25) is 0 Å². The summed E-state index contributed by atoms with van der Waals surface area (Å²) in [5.74, 6) is -8.90. The van der Waals surface area contributed by atoms with Gasteiger partial charge in [-0.2, -0.15) is 0 Å². The minimum Gasteiger partial charge on any atom is -0.508 e. The molecule has 6 aliphatic rings. The Bertz CT molecular complexity index is 4730. The summed E-state index contributed by atoms with van der Waals surface area (Å²) < 4.78 is 6.01. The second kappa shape index (κ2) is 36.6. The number of nitrogens with one attached hydrogen (secondary N) is 8. The molecule has 12 rings (SSSR count). The van der Waals surface area contributed by atoms with Gasteiger partial charge in [0.15, 0.2) is 5.43 Å². The number of fused-ring (bicyclic) bond motifs is 18. The number of phenolic OH excluding ortho intramolecular Hbond substituents is 5. The monoisotopic (exact) mass is 1510 g/mol. The number of carboxylic acid groups (broad SMARTS) is 1. The lowest BCUT2D eigenvalue weighted by molar-refractivity contribution is 0.0695. The molecule has 0 spiro atoms. The van der Waals surface area contributed by atoms with Gasteiger partial charge in [0.05, 0.1) is 50.1 Å². The van der Waals surface area contributed by atoms with Crippen molar-refractivity contribution in [3.05, 3.63) is 193 Å². The average Bonchev–Trinajstić information content (AvgIpc) is 0.748. The Morgan fingerprint density at radius 3 is 1.21 bits per heavy atom. The SMILES string of the molecule is O=C(O)c1cc(CC(=S)CCCCCC2CN3CCNC(=O)c4cccc(c4O)C(=O)NCCN(CCNC(=O)c4cccc(c4O)C(=O)N2)CCN2CCNC(=O)c4cccc(c4O)C(=O)NCCN(CCNC(=O)c4cccc(c4O)C(=O)NCC2)CC3)ccc1-c1c2ccc(=O)cc-2oc2cc(O)ccc12. The molecule has 14 N–H and O–H groups in total. The van der Waals surface area contributed by atoms with Gasteiger partial charge in [-0.1, -0.05) is 61.5 Å². The fraction of sp³-hybridized carbons (Fsp3) is 0.329. The zero-order valence-corrected chi connectivity index (χ0v) is 60.6. The number of hydrogen-bond acceptors (Lipinski definition) is 21. The summed E-state index contributed by atoms with van der Waals surface area (Å²) >= 11 is 5.95. The first kappa shape index (κ1) is 78.2. The number of carbonyl (C=O) groups excluding carboxylic acids is 8. The molecule has 0 saturated heterocycles. The molecular formula is C79H86N12O17S. The van der Waals surface area contributed by atoms with Crippen LogP contribution in [0.25, 0.3) is 33.4 Å². The molecule has 0 saturated carbocycles. The van der Waals surface area contributed by atoms with E-state index in [4.69, 9.17) is 16.6 Å². The quantitative estimate of drug-likeness (QED) is 0.0491. The molecule has 5 heterocycles. The highest BCUT2D eigenvalue weighted by atomic mass is 32.1. The number of carboxylic acids is 1. The van der Waals surface area contributed by atoms with Gasteiger partial charge in [-0.25, -0.2) is 4.79 Å². The number of para-hydroxylation sites is 4. The lowest BCUT2D eigenvalue weighted by Gasteiger charge is -2.31. The second-order valence-electron chi connectivity index (χ2n) is 26.9. The summed E-state index contributed by atoms with van der Waals surface area (Å²) in [6, 6.07) is 30.0. The van der Waals surface area contributed by atoms with Gasteiger partial charge < -0.3 is 77.6 Å². The van der Waals surface area contributed by atoms with E-state index in [1.54, 1.807) is 30.3 Å². The summed E-state index contributed by atoms with van der Waals surface area (Å²) in [6.07, 6.45) is 2.68. The molecule has 12 bridgehead atoms. The number of unbranched alkanes of at least 4 members (excludes halogenated alkanes) is 2. The molecule has 3 unspecified atom stereocenters. The fourth-order valence-electron chi connectivity index (χ4n) is 13.7. The predicted octanol–water partition coefficient (Wildman–Crippen LogP) is 4.91. The van der Waals surface area contributed by atoms with Crippen LogP contribution in [0.1, 0.15) is 131 Å². The highest BCUT2D eigenvalue weighted by Crippen LogP contribution is 2.42. The Balaban J connectivity index is 0.904. The fourth-order valence-corrected chi connectivity index (χ4v) is 14.0. The van der Waals surface area contributed by atoms with Crippen molar-refractivity contribution in [2.75, 3.05) is 124 Å². The van der Waals surface area contributed by atoms with Gasteiger partial charge in [-0.05, 0) is 114 Å². The number of nitrogens with zero attached hydrogens (tertiary/aromatic N) is 4. The highest BCUT2D eigenvalue weighted by molar-refractivity contribution is 7.80. The van der Waals surface area contributed by atoms with Gasteiger partial charge in [0.1, 0.15) is 40.1 Å². The first-order valence-electron chi connectivity index (χ1n) is 36.1. The van der Waals surface area contributed by atoms with Crippen molar-refractivity contribution in [2.24, 2.45) is 0 Å². The van der Waals surface area contributed by atoms with Crippen LogP contribution in [0.4, 0.5) is 0 Å². The number of aromatic hydroxyl groups is 5. The Labute approximate surface area is 632 Å². The van der Waals surface area contributed by atoms with Gasteiger partial charge in [-0.15, -0.1) is 0 Å². The molecule has 0 radical (unpaired) electrons. The number of aromatic carboxylic acids is 1. The molecule has 3 atom stereocenters. The third-order valence-corrected chi connectivity index (χ3v) is 19.9. The molecular weight excluding hydrogens is 1420 g/mol. The standard InChI is InChI=1S/C79H86N12O17S/c92-49-19-22-53-64(44-49)108-65-45-50(93)20-23-54(65)66(53)52-21-18-47(43-63(52)79(106)107)42-51(109)9-3-1-2-8-48-46-91-37-30-86-76(103)60-15-6-14-59(69(60)96)73(100)82-26-33-89(34-27-85-77(104)61-16-7-17-62(70(61)97)78(105)87-48)39-38-88-31-24-80-71(98)55-10-4-12-57(67(55)94)74(101)83-28-35-90(40-41-91)36-29-84-75(102)58-13-5-11-56(68(58)95)72(99)81-25-32-88/h4-7,10-23,43-45,48,92,94-97H,1-3,8-9,24-42,46H2,(H,80,98)(H,81,99)(H,82,100)(H,83,101)(H,84,102)(H,85,104)(H,86,103)(H,87,105)(H,106,107). The number of phenols is 5. The van der Waals surface area contributed by atoms with Crippen LogP contribution in [0.2, 0.25) is 0 Å². The van der Waals surface area contributed by atoms with Crippen LogP contribution in [0.15, 0.2) is 137 Å². The number of thiocarbonyl (C=S) groups is 1. The van der Waals surface area contributed by atoms with Gasteiger partial charge >= 0.3 is 5.97 Å². The van der Waals surface area contributed by atoms with Crippen LogP contribution in [-0.2, 0) is 6.42 Å². The smallest absolute Gasteiger partial charge is 0.336 e. The predicted molar refractivity (Wildman–Crippen MR) is 408 cm³/mol. The van der Waals surface area contributed by atoms with E-state index in [9.17, 15) is 78.6 Å². The van der Waals surface area contributed by atoms with Crippen LogP contribution >= 0.6 is 12.2 Å². The van der Waals surface area contributed by atoms with E-state index in [0.717, 1.165) is 0 Å². The summed E-state index contributed by atoms with van der Waals surface area (Å²) in [5.41, 5.74) is 0.430. The minimum atomic E-state index is -1.21. The van der Waals surface area contributed by atoms with Crippen molar-refractivity contribution in [1.82, 2.24) is 62.1 Å². The number of hydrogen-bond donors (Lipinski definition) is 14. The van der Waals surface area contributed by atoms with E-state index >= 15 is 0 Å². The molecule has 8 amide bonds. The average molecular weight is 1510 g/mol. The molecule has 1 aliphatic carbocycles.